The van der Waals surface area contributed by atoms with Gasteiger partial charge in [0, 0.05) is 16.8 Å². The number of anilines is 1. The van der Waals surface area contributed by atoms with E-state index in [1.54, 1.807) is 30.3 Å². The number of rotatable bonds is 8. The second-order valence-electron chi connectivity index (χ2n) is 7.32. The van der Waals surface area contributed by atoms with E-state index in [4.69, 9.17) is 9.15 Å². The van der Waals surface area contributed by atoms with Gasteiger partial charge < -0.3 is 14.5 Å². The fraction of sp³-hybridized carbons (Fsp3) is 0.240. The van der Waals surface area contributed by atoms with Gasteiger partial charge in [-0.2, -0.15) is 0 Å². The maximum atomic E-state index is 12.3. The highest BCUT2D eigenvalue weighted by molar-refractivity contribution is 5.96. The Bertz CT molecular complexity index is 1080. The van der Waals surface area contributed by atoms with E-state index in [0.717, 1.165) is 17.5 Å². The number of benzene rings is 2. The molecular formula is C25H25NO5. The molecule has 0 aliphatic rings. The van der Waals surface area contributed by atoms with E-state index in [-0.39, 0.29) is 11.5 Å². The SMILES string of the molecule is CC[C@H](C)c1ccccc1NC(=O)COC(=O)c1ccc(-c2ccc(C(C)=O)cc2)o1. The molecule has 0 saturated heterocycles. The molecule has 1 amide bonds. The first-order chi connectivity index (χ1) is 14.9. The maximum Gasteiger partial charge on any atom is 0.374 e. The average molecular weight is 419 g/mol. The number of amides is 1. The summed E-state index contributed by atoms with van der Waals surface area (Å²) in [7, 11) is 0. The number of carbonyl (C=O) groups is 3. The number of ether oxygens (including phenoxy) is 1. The molecule has 6 nitrogen and oxygen atoms in total. The summed E-state index contributed by atoms with van der Waals surface area (Å²) in [5.74, 6) is -0.412. The van der Waals surface area contributed by atoms with Crippen molar-refractivity contribution in [2.24, 2.45) is 0 Å². The van der Waals surface area contributed by atoms with Crippen LogP contribution in [0.25, 0.3) is 11.3 Å². The number of ketones is 1. The highest BCUT2D eigenvalue weighted by Gasteiger charge is 2.17. The van der Waals surface area contributed by atoms with Crippen LogP contribution in [0.2, 0.25) is 0 Å². The number of furan rings is 1. The van der Waals surface area contributed by atoms with Crippen molar-refractivity contribution >= 4 is 23.3 Å². The van der Waals surface area contributed by atoms with Crippen LogP contribution in [0, 0.1) is 0 Å². The van der Waals surface area contributed by atoms with E-state index in [1.165, 1.54) is 13.0 Å². The van der Waals surface area contributed by atoms with Gasteiger partial charge in [0.15, 0.2) is 12.4 Å². The minimum Gasteiger partial charge on any atom is -0.450 e. The van der Waals surface area contributed by atoms with Gasteiger partial charge in [-0.1, -0.05) is 56.3 Å². The van der Waals surface area contributed by atoms with Crippen LogP contribution in [0.3, 0.4) is 0 Å². The van der Waals surface area contributed by atoms with Crippen LogP contribution >= 0.6 is 0 Å². The van der Waals surface area contributed by atoms with E-state index < -0.39 is 18.5 Å². The Morgan fingerprint density at radius 3 is 2.39 bits per heavy atom. The third-order valence-electron chi connectivity index (χ3n) is 5.10. The third-order valence-corrected chi connectivity index (χ3v) is 5.10. The number of Topliss-reactive ketones (excluding diaryl/α,β-unsaturated/α-hetero) is 1. The van der Waals surface area contributed by atoms with Gasteiger partial charge in [-0.15, -0.1) is 0 Å². The highest BCUT2D eigenvalue weighted by Crippen LogP contribution is 2.26. The summed E-state index contributed by atoms with van der Waals surface area (Å²) >= 11 is 0. The molecule has 160 valence electrons. The van der Waals surface area contributed by atoms with Crippen molar-refractivity contribution < 1.29 is 23.5 Å². The van der Waals surface area contributed by atoms with E-state index in [0.29, 0.717) is 22.9 Å². The van der Waals surface area contributed by atoms with Gasteiger partial charge in [-0.3, -0.25) is 9.59 Å². The lowest BCUT2D eigenvalue weighted by Crippen LogP contribution is -2.21. The molecule has 0 unspecified atom stereocenters. The van der Waals surface area contributed by atoms with E-state index in [1.807, 2.05) is 24.3 Å². The van der Waals surface area contributed by atoms with Gasteiger partial charge in [-0.05, 0) is 43.0 Å². The van der Waals surface area contributed by atoms with Crippen LogP contribution in [0.1, 0.15) is 59.6 Å². The van der Waals surface area contributed by atoms with Crippen LogP contribution in [-0.4, -0.2) is 24.3 Å². The van der Waals surface area contributed by atoms with Crippen molar-refractivity contribution in [3.05, 3.63) is 77.6 Å². The average Bonchev–Trinajstić information content (AvgIpc) is 3.28. The molecule has 31 heavy (non-hydrogen) atoms. The minimum absolute atomic E-state index is 0.00144. The lowest BCUT2D eigenvalue weighted by molar-refractivity contribution is -0.119. The summed E-state index contributed by atoms with van der Waals surface area (Å²) < 4.78 is 10.7. The molecule has 1 heterocycles. The lowest BCUT2D eigenvalue weighted by atomic mass is 9.97. The molecule has 0 aliphatic heterocycles. The van der Waals surface area contributed by atoms with Gasteiger partial charge >= 0.3 is 5.97 Å². The predicted octanol–water partition coefficient (Wildman–Crippen LogP) is 5.46. The number of esters is 1. The summed E-state index contributed by atoms with van der Waals surface area (Å²) in [6.07, 6.45) is 0.945. The van der Waals surface area contributed by atoms with Crippen LogP contribution in [0.4, 0.5) is 5.69 Å². The number of carbonyl (C=O) groups excluding carboxylic acids is 3. The van der Waals surface area contributed by atoms with Gasteiger partial charge in [0.2, 0.25) is 5.76 Å². The zero-order valence-electron chi connectivity index (χ0n) is 17.8. The summed E-state index contributed by atoms with van der Waals surface area (Å²) in [5, 5.41) is 2.80. The van der Waals surface area contributed by atoms with Crippen molar-refractivity contribution in [2.45, 2.75) is 33.1 Å². The molecule has 6 heteroatoms. The lowest BCUT2D eigenvalue weighted by Gasteiger charge is -2.15. The molecule has 0 saturated carbocycles. The third kappa shape index (κ3) is 5.48. The normalized spacial score (nSPS) is 11.6. The van der Waals surface area contributed by atoms with E-state index in [2.05, 4.69) is 19.2 Å². The Kier molecular flexibility index (Phi) is 7.03. The predicted molar refractivity (Wildman–Crippen MR) is 118 cm³/mol. The molecule has 2 aromatic carbocycles. The topological polar surface area (TPSA) is 85.6 Å². The molecule has 1 N–H and O–H groups in total. The second-order valence-corrected chi connectivity index (χ2v) is 7.32. The fourth-order valence-electron chi connectivity index (χ4n) is 3.12. The van der Waals surface area contributed by atoms with Crippen LogP contribution in [-0.2, 0) is 9.53 Å². The monoisotopic (exact) mass is 419 g/mol. The van der Waals surface area contributed by atoms with Crippen molar-refractivity contribution in [1.29, 1.82) is 0 Å². The molecular weight excluding hydrogens is 394 g/mol. The second kappa shape index (κ2) is 9.89. The van der Waals surface area contributed by atoms with Gasteiger partial charge in [-0.25, -0.2) is 4.79 Å². The maximum absolute atomic E-state index is 12.3. The molecule has 1 atom stereocenters. The number of hydrogen-bond donors (Lipinski definition) is 1. The first-order valence-corrected chi connectivity index (χ1v) is 10.2. The first-order valence-electron chi connectivity index (χ1n) is 10.2. The molecule has 0 aliphatic carbocycles. The molecule has 0 fully saturated rings. The smallest absolute Gasteiger partial charge is 0.374 e. The Morgan fingerprint density at radius 1 is 1.00 bits per heavy atom. The van der Waals surface area contributed by atoms with Crippen molar-refractivity contribution in [3.63, 3.8) is 0 Å². The summed E-state index contributed by atoms with van der Waals surface area (Å²) in [6.45, 7) is 5.25. The van der Waals surface area contributed by atoms with Crippen molar-refractivity contribution in [3.8, 4) is 11.3 Å². The van der Waals surface area contributed by atoms with Crippen molar-refractivity contribution in [2.75, 3.05) is 11.9 Å². The largest absolute Gasteiger partial charge is 0.450 e. The zero-order valence-corrected chi connectivity index (χ0v) is 17.8. The number of nitrogens with one attached hydrogen (secondary N) is 1. The summed E-state index contributed by atoms with van der Waals surface area (Å²) in [5.41, 5.74) is 3.07. The Hall–Kier alpha value is -3.67. The first kappa shape index (κ1) is 22.0. The quantitative estimate of drug-likeness (QED) is 0.387. The highest BCUT2D eigenvalue weighted by atomic mass is 16.5. The van der Waals surface area contributed by atoms with Gasteiger partial charge in [0.05, 0.1) is 0 Å². The number of para-hydroxylation sites is 1. The molecule has 0 bridgehead atoms. The molecule has 3 rings (SSSR count). The van der Waals surface area contributed by atoms with Crippen LogP contribution < -0.4 is 5.32 Å². The fourth-order valence-corrected chi connectivity index (χ4v) is 3.12. The van der Waals surface area contributed by atoms with Crippen LogP contribution in [0.15, 0.2) is 65.1 Å². The minimum atomic E-state index is -0.725. The molecule has 0 radical (unpaired) electrons. The summed E-state index contributed by atoms with van der Waals surface area (Å²) in [6, 6.07) is 17.6. The zero-order chi connectivity index (χ0) is 22.4. The standard InChI is InChI=1S/C25H25NO5/c1-4-16(2)20-7-5-6-8-21(20)26-24(28)15-30-25(29)23-14-13-22(31-23)19-11-9-18(10-12-19)17(3)27/h5-14,16H,4,15H2,1-3H3,(H,26,28)/t16-/m0/s1. The van der Waals surface area contributed by atoms with Gasteiger partial charge in [0.1, 0.15) is 5.76 Å². The number of hydrogen-bond acceptors (Lipinski definition) is 5. The van der Waals surface area contributed by atoms with Crippen LogP contribution in [0.5, 0.6) is 0 Å². The molecule has 0 spiro atoms. The molecule has 1 aromatic heterocycles. The molecule has 3 aromatic rings. The van der Waals surface area contributed by atoms with E-state index in [9.17, 15) is 14.4 Å². The van der Waals surface area contributed by atoms with E-state index >= 15 is 0 Å². The van der Waals surface area contributed by atoms with Gasteiger partial charge in [0.25, 0.3) is 5.91 Å². The summed E-state index contributed by atoms with van der Waals surface area (Å²) in [4.78, 5) is 35.9. The Labute approximate surface area is 181 Å². The van der Waals surface area contributed by atoms with Crippen molar-refractivity contribution in [1.82, 2.24) is 0 Å². The Morgan fingerprint density at radius 2 is 1.71 bits per heavy atom. The Balaban J connectivity index is 1.59.